The largest absolute Gasteiger partial charge is 0.357 e. The molecule has 1 aliphatic heterocycles. The molecule has 0 spiro atoms. The van der Waals surface area contributed by atoms with E-state index in [1.807, 2.05) is 24.3 Å². The van der Waals surface area contributed by atoms with E-state index in [9.17, 15) is 0 Å². The number of hydrogen-bond acceptors (Lipinski definition) is 4. The van der Waals surface area contributed by atoms with Gasteiger partial charge in [-0.3, -0.25) is 5.73 Å². The van der Waals surface area contributed by atoms with E-state index in [4.69, 9.17) is 10.7 Å². The molecule has 22 heavy (non-hydrogen) atoms. The van der Waals surface area contributed by atoms with Crippen molar-refractivity contribution in [3.05, 3.63) is 46.1 Å². The van der Waals surface area contributed by atoms with E-state index in [0.29, 0.717) is 0 Å². The van der Waals surface area contributed by atoms with E-state index in [2.05, 4.69) is 53.0 Å². The maximum absolute atomic E-state index is 6.62. The SMILES string of the molecule is CCCC1=CC(N(CC)CC)=NC(N)(c2cccc(Br)c2)N1. The van der Waals surface area contributed by atoms with Crippen LogP contribution in [0.3, 0.4) is 0 Å². The summed E-state index contributed by atoms with van der Waals surface area (Å²) in [4.78, 5) is 7.04. The molecule has 1 unspecified atom stereocenters. The first-order valence-electron chi connectivity index (χ1n) is 7.90. The van der Waals surface area contributed by atoms with Crippen LogP contribution in [0.5, 0.6) is 0 Å². The first-order valence-corrected chi connectivity index (χ1v) is 8.70. The van der Waals surface area contributed by atoms with Crippen molar-refractivity contribution in [3.8, 4) is 0 Å². The molecule has 0 bridgehead atoms. The van der Waals surface area contributed by atoms with Crippen LogP contribution in [-0.2, 0) is 5.79 Å². The Morgan fingerprint density at radius 1 is 1.27 bits per heavy atom. The summed E-state index contributed by atoms with van der Waals surface area (Å²) >= 11 is 3.51. The van der Waals surface area contributed by atoms with Crippen LogP contribution in [0, 0.1) is 0 Å². The maximum Gasteiger partial charge on any atom is 0.211 e. The second kappa shape index (κ2) is 7.29. The number of amidine groups is 1. The van der Waals surface area contributed by atoms with Crippen molar-refractivity contribution in [2.75, 3.05) is 13.1 Å². The third-order valence-corrected chi connectivity index (χ3v) is 4.31. The molecule has 3 N–H and O–H groups in total. The molecule has 120 valence electrons. The van der Waals surface area contributed by atoms with Gasteiger partial charge >= 0.3 is 0 Å². The average Bonchev–Trinajstić information content (AvgIpc) is 2.48. The highest BCUT2D eigenvalue weighted by atomic mass is 79.9. The Morgan fingerprint density at radius 3 is 2.59 bits per heavy atom. The number of benzene rings is 1. The van der Waals surface area contributed by atoms with Crippen molar-refractivity contribution >= 4 is 21.8 Å². The number of nitrogens with one attached hydrogen (secondary N) is 1. The normalized spacial score (nSPS) is 21.0. The second-order valence-electron chi connectivity index (χ2n) is 5.46. The van der Waals surface area contributed by atoms with Crippen LogP contribution < -0.4 is 11.1 Å². The lowest BCUT2D eigenvalue weighted by molar-refractivity contribution is 0.367. The van der Waals surface area contributed by atoms with Crippen LogP contribution in [0.1, 0.15) is 39.2 Å². The summed E-state index contributed by atoms with van der Waals surface area (Å²) in [5.74, 6) is 0.0377. The van der Waals surface area contributed by atoms with Gasteiger partial charge in [-0.2, -0.15) is 0 Å². The van der Waals surface area contributed by atoms with Crippen molar-refractivity contribution in [2.45, 2.75) is 39.4 Å². The Bertz CT molecular complexity index is 578. The van der Waals surface area contributed by atoms with Crippen LogP contribution in [-0.4, -0.2) is 23.8 Å². The molecule has 0 amide bonds. The van der Waals surface area contributed by atoms with Gasteiger partial charge in [-0.05, 0) is 38.5 Å². The molecule has 2 rings (SSSR count). The van der Waals surface area contributed by atoms with Crippen molar-refractivity contribution in [3.63, 3.8) is 0 Å². The summed E-state index contributed by atoms with van der Waals surface area (Å²) in [5.41, 5.74) is 8.71. The minimum Gasteiger partial charge on any atom is -0.357 e. The minimum atomic E-state index is -0.916. The van der Waals surface area contributed by atoms with Gasteiger partial charge in [-0.25, -0.2) is 4.99 Å². The molecule has 5 heteroatoms. The Hall–Kier alpha value is -1.33. The Morgan fingerprint density at radius 2 is 2.00 bits per heavy atom. The molecule has 0 fully saturated rings. The van der Waals surface area contributed by atoms with Gasteiger partial charge in [0.25, 0.3) is 0 Å². The zero-order chi connectivity index (χ0) is 16.2. The van der Waals surface area contributed by atoms with Crippen molar-refractivity contribution in [1.29, 1.82) is 0 Å². The quantitative estimate of drug-likeness (QED) is 0.839. The monoisotopic (exact) mass is 364 g/mol. The lowest BCUT2D eigenvalue weighted by Crippen LogP contribution is -2.52. The predicted molar refractivity (Wildman–Crippen MR) is 96.5 cm³/mol. The van der Waals surface area contributed by atoms with Crippen molar-refractivity contribution in [1.82, 2.24) is 10.2 Å². The standard InChI is InChI=1S/C17H25BrN4/c1-4-8-15-12-16(22(5-2)6-3)21-17(19,20-15)13-9-7-10-14(18)11-13/h7,9-12,20H,4-6,8,19H2,1-3H3. The molecule has 0 aliphatic carbocycles. The van der Waals surface area contributed by atoms with E-state index >= 15 is 0 Å². The smallest absolute Gasteiger partial charge is 0.211 e. The number of nitrogens with two attached hydrogens (primary N) is 1. The lowest BCUT2D eigenvalue weighted by Gasteiger charge is -2.36. The fourth-order valence-corrected chi connectivity index (χ4v) is 3.05. The van der Waals surface area contributed by atoms with Gasteiger partial charge in [0.15, 0.2) is 0 Å². The molecule has 0 saturated heterocycles. The summed E-state index contributed by atoms with van der Waals surface area (Å²) in [6.07, 6.45) is 4.16. The zero-order valence-electron chi connectivity index (χ0n) is 13.6. The number of rotatable bonds is 5. The molecule has 0 radical (unpaired) electrons. The van der Waals surface area contributed by atoms with Crippen LogP contribution >= 0.6 is 15.9 Å². The van der Waals surface area contributed by atoms with Crippen LogP contribution in [0.4, 0.5) is 0 Å². The molecular weight excluding hydrogens is 340 g/mol. The first-order chi connectivity index (χ1) is 10.5. The number of halogens is 1. The summed E-state index contributed by atoms with van der Waals surface area (Å²) in [6.45, 7) is 8.28. The van der Waals surface area contributed by atoms with Gasteiger partial charge < -0.3 is 10.2 Å². The van der Waals surface area contributed by atoms with Crippen LogP contribution in [0.25, 0.3) is 0 Å². The third-order valence-electron chi connectivity index (χ3n) is 3.82. The predicted octanol–water partition coefficient (Wildman–Crippen LogP) is 3.55. The molecule has 1 aromatic carbocycles. The van der Waals surface area contributed by atoms with Crippen LogP contribution in [0.2, 0.25) is 0 Å². The lowest BCUT2D eigenvalue weighted by atomic mass is 10.1. The topological polar surface area (TPSA) is 53.6 Å². The summed E-state index contributed by atoms with van der Waals surface area (Å²) in [5, 5.41) is 3.41. The number of nitrogens with zero attached hydrogens (tertiary/aromatic N) is 2. The average molecular weight is 365 g/mol. The summed E-state index contributed by atoms with van der Waals surface area (Å²) in [7, 11) is 0. The summed E-state index contributed by atoms with van der Waals surface area (Å²) in [6, 6.07) is 8.01. The van der Waals surface area contributed by atoms with Gasteiger partial charge in [-0.15, -0.1) is 0 Å². The maximum atomic E-state index is 6.62. The molecule has 0 saturated carbocycles. The summed E-state index contributed by atoms with van der Waals surface area (Å²) < 4.78 is 1.00. The fourth-order valence-electron chi connectivity index (χ4n) is 2.65. The van der Waals surface area contributed by atoms with Crippen LogP contribution in [0.15, 0.2) is 45.5 Å². The number of hydrogen-bond donors (Lipinski definition) is 2. The Kier molecular flexibility index (Phi) is 5.64. The van der Waals surface area contributed by atoms with E-state index < -0.39 is 5.79 Å². The van der Waals surface area contributed by atoms with E-state index in [1.165, 1.54) is 0 Å². The first kappa shape index (κ1) is 17.0. The molecular formula is C17H25BrN4. The molecule has 0 aromatic heterocycles. The number of likely N-dealkylation sites (N-methyl/N-ethyl adjacent to an activating group) is 1. The minimum absolute atomic E-state index is 0.916. The van der Waals surface area contributed by atoms with Gasteiger partial charge in [0.1, 0.15) is 5.84 Å². The van der Waals surface area contributed by atoms with E-state index in [-0.39, 0.29) is 0 Å². The van der Waals surface area contributed by atoms with Crippen molar-refractivity contribution < 1.29 is 0 Å². The fraction of sp³-hybridized carbons (Fsp3) is 0.471. The Labute approximate surface area is 141 Å². The van der Waals surface area contributed by atoms with Crippen molar-refractivity contribution in [2.24, 2.45) is 10.7 Å². The highest BCUT2D eigenvalue weighted by Gasteiger charge is 2.31. The van der Waals surface area contributed by atoms with Gasteiger partial charge in [0.05, 0.1) is 0 Å². The van der Waals surface area contributed by atoms with E-state index in [0.717, 1.165) is 47.5 Å². The highest BCUT2D eigenvalue weighted by Crippen LogP contribution is 2.26. The van der Waals surface area contributed by atoms with Gasteiger partial charge in [0, 0.05) is 28.8 Å². The highest BCUT2D eigenvalue weighted by molar-refractivity contribution is 9.10. The third kappa shape index (κ3) is 3.70. The molecule has 1 aromatic rings. The van der Waals surface area contributed by atoms with Gasteiger partial charge in [0.2, 0.25) is 5.79 Å². The number of allylic oxidation sites excluding steroid dienone is 1. The van der Waals surface area contributed by atoms with E-state index in [1.54, 1.807) is 0 Å². The zero-order valence-corrected chi connectivity index (χ0v) is 15.2. The molecule has 4 nitrogen and oxygen atoms in total. The molecule has 1 heterocycles. The molecule has 1 atom stereocenters. The number of aliphatic imine (C=N–C) groups is 1. The molecule has 1 aliphatic rings. The second-order valence-corrected chi connectivity index (χ2v) is 6.38. The Balaban J connectivity index is 2.44. The van der Waals surface area contributed by atoms with Gasteiger partial charge in [-0.1, -0.05) is 41.4 Å².